The molecule has 0 atom stereocenters. The maximum atomic E-state index is 11.5. The van der Waals surface area contributed by atoms with Crippen LogP contribution in [0.1, 0.15) is 21.8 Å². The number of rotatable bonds is 6. The molecular formula is C18H16N6O5. The molecule has 0 spiro atoms. The number of aryl methyl sites for hydroxylation is 1. The van der Waals surface area contributed by atoms with Crippen LogP contribution in [0, 0.1) is 6.92 Å². The fourth-order valence-corrected chi connectivity index (χ4v) is 2.57. The fourth-order valence-electron chi connectivity index (χ4n) is 2.57. The molecule has 0 aliphatic carbocycles. The van der Waals surface area contributed by atoms with Crippen molar-refractivity contribution in [3.63, 3.8) is 0 Å². The lowest BCUT2D eigenvalue weighted by molar-refractivity contribution is 0.0600. The summed E-state index contributed by atoms with van der Waals surface area (Å²) in [5.74, 6) is 1.20. The van der Waals surface area contributed by atoms with Gasteiger partial charge in [0, 0.05) is 18.3 Å². The number of aromatic nitrogens is 6. The maximum absolute atomic E-state index is 11.5. The molecule has 29 heavy (non-hydrogen) atoms. The van der Waals surface area contributed by atoms with E-state index in [1.165, 1.54) is 24.9 Å². The zero-order valence-electron chi connectivity index (χ0n) is 15.8. The van der Waals surface area contributed by atoms with Crippen molar-refractivity contribution in [2.45, 2.75) is 13.5 Å². The summed E-state index contributed by atoms with van der Waals surface area (Å²) in [5.41, 5.74) is 1.91. The normalized spacial score (nSPS) is 10.9. The molecule has 0 radical (unpaired) electrons. The molecule has 4 aromatic rings. The van der Waals surface area contributed by atoms with Crippen molar-refractivity contribution in [2.24, 2.45) is 0 Å². The summed E-state index contributed by atoms with van der Waals surface area (Å²) in [7, 11) is 2.81. The molecule has 0 bridgehead atoms. The third-order valence-corrected chi connectivity index (χ3v) is 4.01. The van der Waals surface area contributed by atoms with Crippen molar-refractivity contribution in [3.05, 3.63) is 47.5 Å². The number of esters is 1. The minimum atomic E-state index is -0.456. The Bertz CT molecular complexity index is 1170. The van der Waals surface area contributed by atoms with Gasteiger partial charge < -0.3 is 18.7 Å². The topological polar surface area (TPSA) is 127 Å². The Hall–Kier alpha value is -4.02. The molecule has 0 fully saturated rings. The first kappa shape index (κ1) is 18.3. The van der Waals surface area contributed by atoms with Crippen molar-refractivity contribution in [3.8, 4) is 23.1 Å². The van der Waals surface area contributed by atoms with E-state index < -0.39 is 5.97 Å². The largest absolute Gasteiger partial charge is 0.491 e. The zero-order chi connectivity index (χ0) is 20.4. The van der Waals surface area contributed by atoms with E-state index in [-0.39, 0.29) is 12.5 Å². The van der Waals surface area contributed by atoms with Crippen molar-refractivity contribution < 1.29 is 23.5 Å². The quantitative estimate of drug-likeness (QED) is 0.446. The van der Waals surface area contributed by atoms with Gasteiger partial charge in [-0.25, -0.2) is 4.79 Å². The summed E-state index contributed by atoms with van der Waals surface area (Å²) in [6.45, 7) is 1.89. The van der Waals surface area contributed by atoms with Gasteiger partial charge in [-0.1, -0.05) is 5.16 Å². The van der Waals surface area contributed by atoms with Crippen LogP contribution in [0.3, 0.4) is 0 Å². The van der Waals surface area contributed by atoms with E-state index in [0.717, 1.165) is 0 Å². The standard InChI is InChI=1S/C18H16N6O5/c1-10-6-13(23-29-10)16-21-20-15-7-14(26-2)17(22-24(15)16)28-9-12-5-4-11(8-19-12)18(25)27-3/h4-8H,9H2,1-3H3. The van der Waals surface area contributed by atoms with Crippen LogP contribution >= 0.6 is 0 Å². The summed E-state index contributed by atoms with van der Waals surface area (Å²) < 4.78 is 22.4. The Balaban J connectivity index is 1.61. The van der Waals surface area contributed by atoms with E-state index in [2.05, 4.69) is 30.2 Å². The Morgan fingerprint density at radius 1 is 1.21 bits per heavy atom. The van der Waals surface area contributed by atoms with Gasteiger partial charge in [0.15, 0.2) is 17.1 Å². The van der Waals surface area contributed by atoms with Crippen LogP contribution in [0.5, 0.6) is 11.6 Å². The molecule has 4 rings (SSSR count). The second kappa shape index (κ2) is 7.54. The number of hydrogen-bond acceptors (Lipinski definition) is 10. The van der Waals surface area contributed by atoms with Crippen LogP contribution in [-0.4, -0.2) is 50.1 Å². The second-order valence-electron chi connectivity index (χ2n) is 5.95. The van der Waals surface area contributed by atoms with Crippen LogP contribution in [-0.2, 0) is 11.3 Å². The molecule has 0 saturated heterocycles. The molecule has 0 N–H and O–H groups in total. The summed E-state index contributed by atoms with van der Waals surface area (Å²) in [6, 6.07) is 6.66. The average molecular weight is 396 g/mol. The molecule has 11 nitrogen and oxygen atoms in total. The molecule has 11 heteroatoms. The molecule has 0 aromatic carbocycles. The highest BCUT2D eigenvalue weighted by Gasteiger charge is 2.18. The third kappa shape index (κ3) is 3.57. The van der Waals surface area contributed by atoms with E-state index in [9.17, 15) is 4.79 Å². The second-order valence-corrected chi connectivity index (χ2v) is 5.95. The number of fused-ring (bicyclic) bond motifs is 1. The number of pyridine rings is 1. The lowest BCUT2D eigenvalue weighted by Crippen LogP contribution is -2.06. The van der Waals surface area contributed by atoms with E-state index >= 15 is 0 Å². The Morgan fingerprint density at radius 2 is 2.07 bits per heavy atom. The molecule has 0 unspecified atom stereocenters. The van der Waals surface area contributed by atoms with Gasteiger partial charge in [0.1, 0.15) is 12.4 Å². The van der Waals surface area contributed by atoms with Gasteiger partial charge in [-0.05, 0) is 19.1 Å². The Morgan fingerprint density at radius 3 is 2.72 bits per heavy atom. The molecular weight excluding hydrogens is 380 g/mol. The van der Waals surface area contributed by atoms with Gasteiger partial charge in [-0.3, -0.25) is 4.98 Å². The van der Waals surface area contributed by atoms with E-state index in [1.807, 2.05) is 0 Å². The predicted molar refractivity (Wildman–Crippen MR) is 97.5 cm³/mol. The molecule has 0 aliphatic heterocycles. The van der Waals surface area contributed by atoms with Crippen LogP contribution in [0.4, 0.5) is 0 Å². The average Bonchev–Trinajstić information content (AvgIpc) is 3.36. The Kier molecular flexibility index (Phi) is 4.77. The Labute approximate surface area is 164 Å². The molecule has 0 amide bonds. The lowest BCUT2D eigenvalue weighted by Gasteiger charge is -2.10. The first-order valence-electron chi connectivity index (χ1n) is 8.49. The van der Waals surface area contributed by atoms with Crippen LogP contribution in [0.25, 0.3) is 17.2 Å². The summed E-state index contributed by atoms with van der Waals surface area (Å²) in [5, 5.41) is 16.6. The monoisotopic (exact) mass is 396 g/mol. The number of carbonyl (C=O) groups excluding carboxylic acids is 1. The van der Waals surface area contributed by atoms with Gasteiger partial charge in [0.2, 0.25) is 5.82 Å². The molecule has 4 aromatic heterocycles. The van der Waals surface area contributed by atoms with E-state index in [0.29, 0.717) is 39.9 Å². The number of ether oxygens (including phenoxy) is 3. The minimum Gasteiger partial charge on any atom is -0.491 e. The van der Waals surface area contributed by atoms with Gasteiger partial charge in [0.05, 0.1) is 25.5 Å². The first-order chi connectivity index (χ1) is 14.1. The number of nitrogens with zero attached hydrogens (tertiary/aromatic N) is 6. The first-order valence-corrected chi connectivity index (χ1v) is 8.49. The van der Waals surface area contributed by atoms with Gasteiger partial charge in [-0.2, -0.15) is 4.52 Å². The lowest BCUT2D eigenvalue weighted by atomic mass is 10.2. The zero-order valence-corrected chi connectivity index (χ0v) is 15.8. The number of hydrogen-bond donors (Lipinski definition) is 0. The minimum absolute atomic E-state index is 0.108. The van der Waals surface area contributed by atoms with E-state index in [4.69, 9.17) is 14.0 Å². The highest BCUT2D eigenvalue weighted by molar-refractivity contribution is 5.88. The number of methoxy groups -OCH3 is 2. The SMILES string of the molecule is COC(=O)c1ccc(COc2nn3c(-c4cc(C)on4)nnc3cc2OC)nc1. The van der Waals surface area contributed by atoms with Gasteiger partial charge in [-0.15, -0.1) is 15.3 Å². The summed E-state index contributed by atoms with van der Waals surface area (Å²) in [4.78, 5) is 15.7. The van der Waals surface area contributed by atoms with Crippen molar-refractivity contribution in [1.29, 1.82) is 0 Å². The van der Waals surface area contributed by atoms with Crippen molar-refractivity contribution >= 4 is 11.6 Å². The highest BCUT2D eigenvalue weighted by Crippen LogP contribution is 2.28. The molecule has 0 saturated carbocycles. The van der Waals surface area contributed by atoms with Gasteiger partial charge >= 0.3 is 5.97 Å². The highest BCUT2D eigenvalue weighted by atomic mass is 16.5. The van der Waals surface area contributed by atoms with E-state index in [1.54, 1.807) is 31.2 Å². The third-order valence-electron chi connectivity index (χ3n) is 4.01. The maximum Gasteiger partial charge on any atom is 0.339 e. The van der Waals surface area contributed by atoms with Crippen molar-refractivity contribution in [1.82, 2.24) is 30.0 Å². The fraction of sp³-hybridized carbons (Fsp3) is 0.222. The van der Waals surface area contributed by atoms with Crippen molar-refractivity contribution in [2.75, 3.05) is 14.2 Å². The smallest absolute Gasteiger partial charge is 0.339 e. The van der Waals surface area contributed by atoms with Crippen LogP contribution in [0.2, 0.25) is 0 Å². The summed E-state index contributed by atoms with van der Waals surface area (Å²) >= 11 is 0. The predicted octanol–water partition coefficient (Wildman–Crippen LogP) is 1.86. The van der Waals surface area contributed by atoms with Gasteiger partial charge in [0.25, 0.3) is 5.88 Å². The van der Waals surface area contributed by atoms with Crippen LogP contribution in [0.15, 0.2) is 35.0 Å². The molecule has 0 aliphatic rings. The van der Waals surface area contributed by atoms with Crippen LogP contribution < -0.4 is 9.47 Å². The summed E-state index contributed by atoms with van der Waals surface area (Å²) in [6.07, 6.45) is 1.42. The number of carbonyl (C=O) groups is 1. The molecule has 4 heterocycles. The molecule has 148 valence electrons.